The second kappa shape index (κ2) is 10.9. The lowest BCUT2D eigenvalue weighted by Crippen LogP contribution is -2.50. The van der Waals surface area contributed by atoms with Crippen molar-refractivity contribution in [1.82, 2.24) is 20.4 Å². The third kappa shape index (κ3) is 5.44. The Morgan fingerprint density at radius 1 is 1.15 bits per heavy atom. The van der Waals surface area contributed by atoms with E-state index in [1.54, 1.807) is 7.05 Å². The lowest BCUT2D eigenvalue weighted by Gasteiger charge is -2.42. The van der Waals surface area contributed by atoms with Crippen molar-refractivity contribution in [1.29, 1.82) is 0 Å². The van der Waals surface area contributed by atoms with Crippen molar-refractivity contribution < 1.29 is 23.0 Å². The second-order valence-electron chi connectivity index (χ2n) is 11.2. The zero-order valence-electron chi connectivity index (χ0n) is 22.7. The van der Waals surface area contributed by atoms with E-state index in [-0.39, 0.29) is 30.8 Å². The van der Waals surface area contributed by atoms with Gasteiger partial charge in [-0.25, -0.2) is 8.78 Å². The third-order valence-corrected chi connectivity index (χ3v) is 8.32. The van der Waals surface area contributed by atoms with Crippen LogP contribution in [0.4, 0.5) is 20.3 Å². The van der Waals surface area contributed by atoms with Gasteiger partial charge in [-0.1, -0.05) is 6.07 Å². The van der Waals surface area contributed by atoms with Crippen LogP contribution in [0.1, 0.15) is 36.0 Å². The van der Waals surface area contributed by atoms with Crippen LogP contribution in [0.25, 0.3) is 22.0 Å². The first-order chi connectivity index (χ1) is 19.3. The summed E-state index contributed by atoms with van der Waals surface area (Å²) >= 11 is 0. The molecular formula is C29H36F2N6O3. The number of rotatable bonds is 7. The lowest BCUT2D eigenvalue weighted by molar-refractivity contribution is -0.116. The molecule has 3 aromatic rings. The number of nitrogens with two attached hydrogens (primary N) is 1. The van der Waals surface area contributed by atoms with Crippen LogP contribution < -0.4 is 20.7 Å². The Bertz CT molecular complexity index is 1370. The predicted molar refractivity (Wildman–Crippen MR) is 150 cm³/mol. The molecule has 40 heavy (non-hydrogen) atoms. The number of nitrogens with zero attached hydrogens (tertiary/aromatic N) is 3. The number of H-pyrrole nitrogens is 1. The number of nitrogens with one attached hydrogen (secondary N) is 2. The molecule has 6 rings (SSSR count). The number of fused-ring (bicyclic) bond motifs is 1. The van der Waals surface area contributed by atoms with Gasteiger partial charge in [-0.2, -0.15) is 5.10 Å². The average Bonchev–Trinajstić information content (AvgIpc) is 3.33. The number of alkyl halides is 2. The van der Waals surface area contributed by atoms with E-state index in [1.165, 1.54) is 0 Å². The van der Waals surface area contributed by atoms with Gasteiger partial charge in [0.25, 0.3) is 5.91 Å². The number of ether oxygens (including phenoxy) is 2. The maximum Gasteiger partial charge on any atom is 0.253 e. The van der Waals surface area contributed by atoms with Crippen molar-refractivity contribution in [2.45, 2.75) is 37.7 Å². The SMILES string of the molecule is CNC(=O)c1ccc(-c2cc(OC3CCOCC3)c3c(N)n[nH]c3c2)cc1N1CCN(CC2CC(F)(F)C2)CC1. The molecule has 4 N–H and O–H groups in total. The summed E-state index contributed by atoms with van der Waals surface area (Å²) in [6.45, 7) is 4.99. The average molecular weight is 555 g/mol. The summed E-state index contributed by atoms with van der Waals surface area (Å²) in [5.41, 5.74) is 10.3. The molecule has 11 heteroatoms. The largest absolute Gasteiger partial charge is 0.489 e. The molecule has 3 aliphatic rings. The second-order valence-corrected chi connectivity index (χ2v) is 11.2. The minimum atomic E-state index is -2.49. The number of aromatic amines is 1. The number of amides is 1. The van der Waals surface area contributed by atoms with Gasteiger partial charge in [-0.3, -0.25) is 14.8 Å². The summed E-state index contributed by atoms with van der Waals surface area (Å²) in [4.78, 5) is 17.3. The maximum absolute atomic E-state index is 13.3. The molecule has 3 fully saturated rings. The van der Waals surface area contributed by atoms with E-state index in [4.69, 9.17) is 15.2 Å². The van der Waals surface area contributed by atoms with Crippen molar-refractivity contribution >= 4 is 28.3 Å². The lowest BCUT2D eigenvalue weighted by atomic mass is 9.81. The number of carbonyl (C=O) groups excluding carboxylic acids is 1. The number of hydrogen-bond acceptors (Lipinski definition) is 7. The monoisotopic (exact) mass is 554 g/mol. The number of carbonyl (C=O) groups is 1. The van der Waals surface area contributed by atoms with Crippen LogP contribution >= 0.6 is 0 Å². The molecule has 0 unspecified atom stereocenters. The fourth-order valence-corrected chi connectivity index (χ4v) is 6.13. The number of nitrogen functional groups attached to an aromatic ring is 1. The van der Waals surface area contributed by atoms with Crippen molar-refractivity contribution in [3.63, 3.8) is 0 Å². The molecule has 9 nitrogen and oxygen atoms in total. The smallest absolute Gasteiger partial charge is 0.253 e. The molecular weight excluding hydrogens is 518 g/mol. The van der Waals surface area contributed by atoms with Crippen molar-refractivity contribution in [3.8, 4) is 16.9 Å². The first kappa shape index (κ1) is 26.8. The van der Waals surface area contributed by atoms with Crippen molar-refractivity contribution in [2.24, 2.45) is 5.92 Å². The molecule has 1 amide bonds. The summed E-state index contributed by atoms with van der Waals surface area (Å²) in [5.74, 6) is -1.51. The van der Waals surface area contributed by atoms with Gasteiger partial charge in [0.05, 0.1) is 35.4 Å². The highest BCUT2D eigenvalue weighted by Gasteiger charge is 2.45. The van der Waals surface area contributed by atoms with Crippen LogP contribution in [-0.2, 0) is 4.74 Å². The van der Waals surface area contributed by atoms with Crippen LogP contribution in [0.2, 0.25) is 0 Å². The number of piperazine rings is 1. The molecule has 1 aliphatic carbocycles. The Balaban J connectivity index is 1.27. The first-order valence-corrected chi connectivity index (χ1v) is 14.0. The summed E-state index contributed by atoms with van der Waals surface area (Å²) < 4.78 is 38.5. The van der Waals surface area contributed by atoms with E-state index in [0.29, 0.717) is 50.0 Å². The number of anilines is 2. The van der Waals surface area contributed by atoms with Gasteiger partial charge in [-0.15, -0.1) is 0 Å². The highest BCUT2D eigenvalue weighted by molar-refractivity contribution is 6.01. The van der Waals surface area contributed by atoms with Crippen molar-refractivity contribution in [2.75, 3.05) is 63.6 Å². The fraction of sp³-hybridized carbons (Fsp3) is 0.517. The van der Waals surface area contributed by atoms with Crippen LogP contribution in [0, 0.1) is 5.92 Å². The van der Waals surface area contributed by atoms with E-state index >= 15 is 0 Å². The molecule has 0 bridgehead atoms. The topological polar surface area (TPSA) is 109 Å². The van der Waals surface area contributed by atoms with E-state index in [2.05, 4.69) is 25.3 Å². The summed E-state index contributed by atoms with van der Waals surface area (Å²) in [6, 6.07) is 9.85. The minimum absolute atomic E-state index is 0.0113. The van der Waals surface area contributed by atoms with Crippen LogP contribution in [0.15, 0.2) is 30.3 Å². The number of hydrogen-bond donors (Lipinski definition) is 3. The Hall–Kier alpha value is -3.44. The van der Waals surface area contributed by atoms with Gasteiger partial charge in [0, 0.05) is 65.5 Å². The normalized spacial score (nSPS) is 20.4. The third-order valence-electron chi connectivity index (χ3n) is 8.32. The predicted octanol–water partition coefficient (Wildman–Crippen LogP) is 3.90. The number of halogens is 2. The number of benzene rings is 2. The molecule has 2 aromatic carbocycles. The van der Waals surface area contributed by atoms with Gasteiger partial charge in [0.15, 0.2) is 5.82 Å². The molecule has 0 atom stereocenters. The van der Waals surface area contributed by atoms with Gasteiger partial charge >= 0.3 is 0 Å². The first-order valence-electron chi connectivity index (χ1n) is 14.0. The quantitative estimate of drug-likeness (QED) is 0.407. The summed E-state index contributed by atoms with van der Waals surface area (Å²) in [6.07, 6.45) is 1.63. The molecule has 2 saturated heterocycles. The van der Waals surface area contributed by atoms with Crippen LogP contribution in [-0.4, -0.2) is 86.0 Å². The molecule has 0 spiro atoms. The highest BCUT2D eigenvalue weighted by atomic mass is 19.3. The fourth-order valence-electron chi connectivity index (χ4n) is 6.13. The van der Waals surface area contributed by atoms with E-state index in [1.807, 2.05) is 30.3 Å². The Kier molecular flexibility index (Phi) is 7.26. The molecule has 0 radical (unpaired) electrons. The minimum Gasteiger partial charge on any atom is -0.489 e. The Morgan fingerprint density at radius 2 is 1.90 bits per heavy atom. The zero-order chi connectivity index (χ0) is 27.9. The Morgan fingerprint density at radius 3 is 2.60 bits per heavy atom. The van der Waals surface area contributed by atoms with Crippen LogP contribution in [0.3, 0.4) is 0 Å². The maximum atomic E-state index is 13.3. The molecule has 2 aliphatic heterocycles. The zero-order valence-corrected chi connectivity index (χ0v) is 22.7. The highest BCUT2D eigenvalue weighted by Crippen LogP contribution is 2.43. The van der Waals surface area contributed by atoms with Gasteiger partial charge in [-0.05, 0) is 41.3 Å². The van der Waals surface area contributed by atoms with E-state index in [9.17, 15) is 13.6 Å². The van der Waals surface area contributed by atoms with Gasteiger partial charge < -0.3 is 25.4 Å². The molecule has 3 heterocycles. The standard InChI is InChI=1S/C29H36F2N6O3/c1-33-28(38)22-3-2-19(13-24(22)37-8-6-36(7-9-37)17-18-15-29(30,31)16-18)20-12-23-26(27(32)35-34-23)25(14-20)40-21-4-10-39-11-5-21/h2-3,12-14,18,21H,4-11,15-17H2,1H3,(H,33,38)(H3,32,34,35). The Labute approximate surface area is 232 Å². The van der Waals surface area contributed by atoms with Crippen LogP contribution in [0.5, 0.6) is 5.75 Å². The van der Waals surface area contributed by atoms with Gasteiger partial charge in [0.2, 0.25) is 5.92 Å². The van der Waals surface area contributed by atoms with Gasteiger partial charge in [0.1, 0.15) is 11.9 Å². The summed E-state index contributed by atoms with van der Waals surface area (Å²) in [7, 11) is 1.63. The number of aromatic nitrogens is 2. The molecule has 1 aromatic heterocycles. The summed E-state index contributed by atoms with van der Waals surface area (Å²) in [5, 5.41) is 10.7. The molecule has 1 saturated carbocycles. The van der Waals surface area contributed by atoms with E-state index < -0.39 is 5.92 Å². The molecule has 214 valence electrons. The van der Waals surface area contributed by atoms with E-state index in [0.717, 1.165) is 53.6 Å². The van der Waals surface area contributed by atoms with Crippen molar-refractivity contribution in [3.05, 3.63) is 35.9 Å².